The summed E-state index contributed by atoms with van der Waals surface area (Å²) in [5, 5.41) is 8.19. The van der Waals surface area contributed by atoms with Crippen LogP contribution in [0.15, 0.2) is 97.6 Å². The fourth-order valence-electron chi connectivity index (χ4n) is 3.00. The molecule has 0 aliphatic rings. The lowest BCUT2D eigenvalue weighted by Crippen LogP contribution is -2.14. The van der Waals surface area contributed by atoms with Gasteiger partial charge in [0.15, 0.2) is 0 Å². The van der Waals surface area contributed by atoms with Gasteiger partial charge in [-0.1, -0.05) is 125 Å². The van der Waals surface area contributed by atoms with Crippen molar-refractivity contribution in [1.29, 1.82) is 0 Å². The summed E-state index contributed by atoms with van der Waals surface area (Å²) in [4.78, 5) is 22.4. The normalized spacial score (nSPS) is 10.7. The lowest BCUT2D eigenvalue weighted by Gasteiger charge is -2.14. The van der Waals surface area contributed by atoms with Crippen LogP contribution in [0.3, 0.4) is 0 Å². The van der Waals surface area contributed by atoms with Crippen molar-refractivity contribution >= 4 is 23.6 Å². The second-order valence-electron chi connectivity index (χ2n) is 9.07. The van der Waals surface area contributed by atoms with Gasteiger partial charge in [-0.05, 0) is 43.4 Å². The maximum atomic E-state index is 11.9. The van der Waals surface area contributed by atoms with Gasteiger partial charge in [-0.25, -0.2) is 9.59 Å². The molecular formula is C34H46O5. The molecular weight excluding hydrogens is 488 g/mol. The number of hydrogen-bond donors (Lipinski definition) is 1. The minimum absolute atomic E-state index is 0.0473. The number of hydrogen-bond acceptors (Lipinski definition) is 5. The van der Waals surface area contributed by atoms with Crippen LogP contribution in [0.1, 0.15) is 64.5 Å². The molecule has 0 bridgehead atoms. The predicted octanol–water partition coefficient (Wildman–Crippen LogP) is 7.83. The number of esters is 2. The molecule has 0 spiro atoms. The first-order valence-electron chi connectivity index (χ1n) is 13.4. The van der Waals surface area contributed by atoms with Crippen LogP contribution >= 0.6 is 0 Å². The highest BCUT2D eigenvalue weighted by atomic mass is 16.5. The molecule has 1 N–H and O–H groups in total. The third-order valence-corrected chi connectivity index (χ3v) is 5.47. The molecule has 0 amide bonds. The molecule has 0 fully saturated rings. The van der Waals surface area contributed by atoms with Crippen LogP contribution in [0.2, 0.25) is 0 Å². The zero-order chi connectivity index (χ0) is 29.5. The van der Waals surface area contributed by atoms with E-state index in [9.17, 15) is 9.59 Å². The number of aliphatic hydroxyl groups excluding tert-OH is 1. The minimum atomic E-state index is -0.455. The Morgan fingerprint density at radius 1 is 0.897 bits per heavy atom. The fourth-order valence-corrected chi connectivity index (χ4v) is 3.00. The molecule has 212 valence electrons. The van der Waals surface area contributed by atoms with Crippen LogP contribution < -0.4 is 0 Å². The molecule has 0 aliphatic carbocycles. The molecule has 0 heterocycles. The van der Waals surface area contributed by atoms with Crippen molar-refractivity contribution in [3.05, 3.63) is 109 Å². The van der Waals surface area contributed by atoms with Gasteiger partial charge in [-0.3, -0.25) is 0 Å². The Labute approximate surface area is 235 Å². The highest BCUT2D eigenvalue weighted by molar-refractivity contribution is 5.92. The Balaban J connectivity index is 0.000000659. The van der Waals surface area contributed by atoms with Gasteiger partial charge in [0.2, 0.25) is 0 Å². The number of ether oxygens (including phenoxy) is 2. The largest absolute Gasteiger partial charge is 0.462 e. The quantitative estimate of drug-likeness (QED) is 0.161. The van der Waals surface area contributed by atoms with Gasteiger partial charge in [-0.2, -0.15) is 0 Å². The Hall–Kier alpha value is -3.70. The van der Waals surface area contributed by atoms with Crippen LogP contribution in [0.4, 0.5) is 0 Å². The fraction of sp³-hybridized carbons (Fsp3) is 0.353. The highest BCUT2D eigenvalue weighted by Gasteiger charge is 2.11. The topological polar surface area (TPSA) is 72.8 Å². The molecule has 5 heteroatoms. The third kappa shape index (κ3) is 18.2. The van der Waals surface area contributed by atoms with E-state index in [1.807, 2.05) is 61.5 Å². The maximum Gasteiger partial charge on any atom is 0.337 e. The summed E-state index contributed by atoms with van der Waals surface area (Å²) < 4.78 is 9.82. The van der Waals surface area contributed by atoms with E-state index in [4.69, 9.17) is 9.84 Å². The maximum absolute atomic E-state index is 11.9. The minimum Gasteiger partial charge on any atom is -0.462 e. The number of aliphatic hydroxyl groups is 1. The lowest BCUT2D eigenvalue weighted by atomic mass is 10.0. The first-order valence-corrected chi connectivity index (χ1v) is 13.4. The first kappa shape index (κ1) is 35.3. The number of carbonyl (C=O) groups excluding carboxylic acids is 2. The third-order valence-electron chi connectivity index (χ3n) is 5.47. The summed E-state index contributed by atoms with van der Waals surface area (Å²) in [6, 6.07) is 20.0. The van der Waals surface area contributed by atoms with E-state index in [-0.39, 0.29) is 19.2 Å². The predicted molar refractivity (Wildman–Crippen MR) is 163 cm³/mol. The van der Waals surface area contributed by atoms with Crippen molar-refractivity contribution in [2.24, 2.45) is 5.92 Å². The summed E-state index contributed by atoms with van der Waals surface area (Å²) in [6.45, 7) is 19.2. The highest BCUT2D eigenvalue weighted by Crippen LogP contribution is 2.14. The summed E-state index contributed by atoms with van der Waals surface area (Å²) in [6.07, 6.45) is 8.11. The lowest BCUT2D eigenvalue weighted by molar-refractivity contribution is -0.140. The van der Waals surface area contributed by atoms with E-state index in [1.54, 1.807) is 13.0 Å². The average Bonchev–Trinajstić information content (AvgIpc) is 2.96. The van der Waals surface area contributed by atoms with E-state index < -0.39 is 5.97 Å². The summed E-state index contributed by atoms with van der Waals surface area (Å²) in [5.74, 6) is -0.319. The van der Waals surface area contributed by atoms with E-state index >= 15 is 0 Å². The standard InChI is InChI=1S/C19H26O2.C9H10.C6H10O3/c1-4-6-10-17(5-2)15-21-19(20)16(3)13-14-18-11-8-7-9-12-18;1-8(2)9-6-4-3-5-7-9;1-5(2)6(8)9-4-3-7/h7-9,11-14,17H,3-6,10,15H2,1-2H3;3-7H,1H2,2H3;7H,1,3-4H2,2H3. The van der Waals surface area contributed by atoms with Gasteiger partial charge in [0, 0.05) is 5.57 Å². The number of carbonyl (C=O) groups is 2. The molecule has 2 aromatic rings. The molecule has 2 aromatic carbocycles. The Bertz CT molecular complexity index is 1020. The van der Waals surface area contributed by atoms with E-state index in [0.717, 1.165) is 24.0 Å². The van der Waals surface area contributed by atoms with Crippen molar-refractivity contribution in [2.75, 3.05) is 19.8 Å². The zero-order valence-electron chi connectivity index (χ0n) is 24.2. The summed E-state index contributed by atoms with van der Waals surface area (Å²) in [5.41, 5.74) is 4.13. The Morgan fingerprint density at radius 2 is 1.49 bits per heavy atom. The molecule has 0 aromatic heterocycles. The van der Waals surface area contributed by atoms with Crippen molar-refractivity contribution in [3.8, 4) is 0 Å². The van der Waals surface area contributed by atoms with Gasteiger partial charge in [-0.15, -0.1) is 0 Å². The van der Waals surface area contributed by atoms with Crippen molar-refractivity contribution in [2.45, 2.75) is 53.4 Å². The Morgan fingerprint density at radius 3 is 1.95 bits per heavy atom. The molecule has 0 aliphatic heterocycles. The zero-order valence-corrected chi connectivity index (χ0v) is 24.2. The first-order chi connectivity index (χ1) is 18.7. The Kier molecular flexibility index (Phi) is 20.2. The second-order valence-corrected chi connectivity index (χ2v) is 9.07. The second kappa shape index (κ2) is 22.3. The van der Waals surface area contributed by atoms with Crippen LogP contribution in [0, 0.1) is 5.92 Å². The van der Waals surface area contributed by atoms with Gasteiger partial charge >= 0.3 is 11.9 Å². The average molecular weight is 535 g/mol. The van der Waals surface area contributed by atoms with E-state index in [0.29, 0.717) is 23.7 Å². The van der Waals surface area contributed by atoms with Crippen LogP contribution in [0.5, 0.6) is 0 Å². The van der Waals surface area contributed by atoms with Crippen molar-refractivity contribution in [3.63, 3.8) is 0 Å². The molecule has 1 unspecified atom stereocenters. The molecule has 5 nitrogen and oxygen atoms in total. The van der Waals surface area contributed by atoms with Crippen molar-refractivity contribution < 1.29 is 24.2 Å². The molecule has 1 atom stereocenters. The van der Waals surface area contributed by atoms with Crippen LogP contribution in [-0.4, -0.2) is 36.9 Å². The molecule has 0 saturated heterocycles. The van der Waals surface area contributed by atoms with Crippen molar-refractivity contribution in [1.82, 2.24) is 0 Å². The molecule has 2 rings (SSSR count). The van der Waals surface area contributed by atoms with Gasteiger partial charge in [0.1, 0.15) is 6.61 Å². The van der Waals surface area contributed by atoms with E-state index in [1.165, 1.54) is 18.4 Å². The number of rotatable bonds is 13. The van der Waals surface area contributed by atoms with Crippen LogP contribution in [0.25, 0.3) is 11.6 Å². The number of allylic oxidation sites excluding steroid dienone is 1. The van der Waals surface area contributed by atoms with Gasteiger partial charge < -0.3 is 14.6 Å². The number of unbranched alkanes of at least 4 members (excludes halogenated alkanes) is 1. The molecule has 39 heavy (non-hydrogen) atoms. The van der Waals surface area contributed by atoms with Gasteiger partial charge in [0.25, 0.3) is 0 Å². The van der Waals surface area contributed by atoms with E-state index in [2.05, 4.69) is 50.5 Å². The summed E-state index contributed by atoms with van der Waals surface area (Å²) >= 11 is 0. The monoisotopic (exact) mass is 534 g/mol. The summed E-state index contributed by atoms with van der Waals surface area (Å²) in [7, 11) is 0. The van der Waals surface area contributed by atoms with Crippen LogP contribution in [-0.2, 0) is 19.1 Å². The van der Waals surface area contributed by atoms with Gasteiger partial charge in [0.05, 0.1) is 18.8 Å². The SMILES string of the molecule is C=C(C)C(=O)OCCO.C=C(C)c1ccccc1.C=C(C=Cc1ccccc1)C(=O)OCC(CC)CCCC. The smallest absolute Gasteiger partial charge is 0.337 e. The molecule has 0 radical (unpaired) electrons. The number of benzene rings is 2. The molecule has 0 saturated carbocycles.